The van der Waals surface area contributed by atoms with Crippen LogP contribution in [0.1, 0.15) is 26.3 Å². The Hall–Kier alpha value is -5.22. The standard InChI is InChI=1S/C34H24O4/c1-2-24-23-27(33(35)37-31-19-11-9-17-28(31)25-13-5-3-6-14-25)21-22-30(24)34(36)38-32-20-12-10-18-29(32)26-15-7-4-8-16-26/h2-23H,1H2. The van der Waals surface area contributed by atoms with E-state index in [9.17, 15) is 9.59 Å². The third-order valence-corrected chi connectivity index (χ3v) is 6.08. The molecule has 184 valence electrons. The van der Waals surface area contributed by atoms with Gasteiger partial charge in [-0.1, -0.05) is 110 Å². The Morgan fingerprint density at radius 3 is 1.55 bits per heavy atom. The molecule has 0 saturated heterocycles. The van der Waals surface area contributed by atoms with Crippen molar-refractivity contribution in [3.05, 3.63) is 151 Å². The molecule has 5 aromatic rings. The zero-order valence-electron chi connectivity index (χ0n) is 20.5. The number of hydrogen-bond donors (Lipinski definition) is 0. The van der Waals surface area contributed by atoms with E-state index in [0.717, 1.165) is 22.3 Å². The number of carbonyl (C=O) groups excluding carboxylic acids is 2. The van der Waals surface area contributed by atoms with Crippen molar-refractivity contribution in [2.75, 3.05) is 0 Å². The predicted octanol–water partition coefficient (Wildman–Crippen LogP) is 8.10. The highest BCUT2D eigenvalue weighted by Crippen LogP contribution is 2.32. The molecule has 0 N–H and O–H groups in total. The second kappa shape index (κ2) is 11.2. The zero-order chi connectivity index (χ0) is 26.3. The number of para-hydroxylation sites is 2. The number of carbonyl (C=O) groups is 2. The molecule has 5 aromatic carbocycles. The van der Waals surface area contributed by atoms with Crippen LogP contribution in [0.2, 0.25) is 0 Å². The highest BCUT2D eigenvalue weighted by Gasteiger charge is 2.19. The van der Waals surface area contributed by atoms with Crippen molar-refractivity contribution in [1.29, 1.82) is 0 Å². The summed E-state index contributed by atoms with van der Waals surface area (Å²) >= 11 is 0. The second-order valence-corrected chi connectivity index (χ2v) is 8.51. The molecule has 0 unspecified atom stereocenters. The first-order valence-electron chi connectivity index (χ1n) is 12.1. The summed E-state index contributed by atoms with van der Waals surface area (Å²) in [5, 5.41) is 0. The van der Waals surface area contributed by atoms with Gasteiger partial charge in [-0.15, -0.1) is 0 Å². The van der Waals surface area contributed by atoms with Crippen LogP contribution in [0.25, 0.3) is 28.3 Å². The molecule has 0 fully saturated rings. The van der Waals surface area contributed by atoms with Gasteiger partial charge in [0.2, 0.25) is 0 Å². The summed E-state index contributed by atoms with van der Waals surface area (Å²) in [7, 11) is 0. The smallest absolute Gasteiger partial charge is 0.344 e. The van der Waals surface area contributed by atoms with Crippen LogP contribution >= 0.6 is 0 Å². The van der Waals surface area contributed by atoms with Gasteiger partial charge in [0.25, 0.3) is 0 Å². The number of rotatable bonds is 7. The van der Waals surface area contributed by atoms with Crippen molar-refractivity contribution >= 4 is 18.0 Å². The second-order valence-electron chi connectivity index (χ2n) is 8.51. The monoisotopic (exact) mass is 496 g/mol. The van der Waals surface area contributed by atoms with Crippen molar-refractivity contribution in [1.82, 2.24) is 0 Å². The largest absolute Gasteiger partial charge is 0.422 e. The van der Waals surface area contributed by atoms with Crippen LogP contribution in [0.15, 0.2) is 134 Å². The fraction of sp³-hybridized carbons (Fsp3) is 0. The fourth-order valence-corrected chi connectivity index (χ4v) is 4.18. The molecule has 0 aliphatic carbocycles. The minimum Gasteiger partial charge on any atom is -0.422 e. The molecule has 0 aliphatic heterocycles. The summed E-state index contributed by atoms with van der Waals surface area (Å²) in [6, 6.07) is 38.8. The van der Waals surface area contributed by atoms with Crippen LogP contribution in [0.3, 0.4) is 0 Å². The van der Waals surface area contributed by atoms with Crippen molar-refractivity contribution in [2.24, 2.45) is 0 Å². The minimum absolute atomic E-state index is 0.295. The van der Waals surface area contributed by atoms with Crippen LogP contribution in [-0.4, -0.2) is 11.9 Å². The van der Waals surface area contributed by atoms with Gasteiger partial charge in [0.15, 0.2) is 0 Å². The molecular formula is C34H24O4. The molecule has 4 nitrogen and oxygen atoms in total. The van der Waals surface area contributed by atoms with Crippen molar-refractivity contribution in [3.8, 4) is 33.8 Å². The minimum atomic E-state index is -0.544. The summed E-state index contributed by atoms with van der Waals surface area (Å²) in [5.74, 6) is -0.187. The van der Waals surface area contributed by atoms with E-state index in [1.807, 2.05) is 97.1 Å². The van der Waals surface area contributed by atoms with Crippen LogP contribution < -0.4 is 9.47 Å². The van der Waals surface area contributed by atoms with Crippen LogP contribution in [0, 0.1) is 0 Å². The number of esters is 2. The van der Waals surface area contributed by atoms with Gasteiger partial charge in [0, 0.05) is 11.1 Å². The molecular weight excluding hydrogens is 472 g/mol. The molecule has 0 atom stereocenters. The molecule has 5 rings (SSSR count). The average Bonchev–Trinajstić information content (AvgIpc) is 2.98. The quantitative estimate of drug-likeness (QED) is 0.169. The lowest BCUT2D eigenvalue weighted by molar-refractivity contribution is 0.0721. The van der Waals surface area contributed by atoms with E-state index < -0.39 is 11.9 Å². The topological polar surface area (TPSA) is 52.6 Å². The Balaban J connectivity index is 1.38. The Labute approximate surface area is 221 Å². The summed E-state index contributed by atoms with van der Waals surface area (Å²) in [4.78, 5) is 26.2. The van der Waals surface area contributed by atoms with E-state index >= 15 is 0 Å². The van der Waals surface area contributed by atoms with Crippen LogP contribution in [0.5, 0.6) is 11.5 Å². The van der Waals surface area contributed by atoms with E-state index in [0.29, 0.717) is 28.2 Å². The predicted molar refractivity (Wildman–Crippen MR) is 150 cm³/mol. The molecule has 4 heteroatoms. The van der Waals surface area contributed by atoms with Crippen molar-refractivity contribution < 1.29 is 19.1 Å². The first-order valence-corrected chi connectivity index (χ1v) is 12.1. The highest BCUT2D eigenvalue weighted by molar-refractivity contribution is 5.99. The normalized spacial score (nSPS) is 10.4. The summed E-state index contributed by atoms with van der Waals surface area (Å²) in [6.45, 7) is 3.82. The van der Waals surface area contributed by atoms with E-state index in [4.69, 9.17) is 9.47 Å². The van der Waals surface area contributed by atoms with Crippen molar-refractivity contribution in [3.63, 3.8) is 0 Å². The maximum Gasteiger partial charge on any atom is 0.344 e. The molecule has 0 radical (unpaired) electrons. The van der Waals surface area contributed by atoms with Gasteiger partial charge in [-0.2, -0.15) is 0 Å². The molecule has 0 saturated carbocycles. The molecule has 38 heavy (non-hydrogen) atoms. The lowest BCUT2D eigenvalue weighted by Crippen LogP contribution is -2.13. The van der Waals surface area contributed by atoms with E-state index in [2.05, 4.69) is 6.58 Å². The Morgan fingerprint density at radius 1 is 0.553 bits per heavy atom. The first kappa shape index (κ1) is 24.5. The van der Waals surface area contributed by atoms with Gasteiger partial charge in [0.05, 0.1) is 11.1 Å². The van der Waals surface area contributed by atoms with E-state index in [-0.39, 0.29) is 0 Å². The molecule has 0 aliphatic rings. The Morgan fingerprint density at radius 2 is 1.03 bits per heavy atom. The first-order chi connectivity index (χ1) is 18.6. The summed E-state index contributed by atoms with van der Waals surface area (Å²) in [5.41, 5.74) is 4.55. The number of benzene rings is 5. The van der Waals surface area contributed by atoms with Gasteiger partial charge in [-0.3, -0.25) is 0 Å². The molecule has 0 spiro atoms. The van der Waals surface area contributed by atoms with Crippen LogP contribution in [-0.2, 0) is 0 Å². The zero-order valence-corrected chi connectivity index (χ0v) is 20.5. The molecule has 0 aromatic heterocycles. The molecule has 0 heterocycles. The third kappa shape index (κ3) is 5.30. The number of hydrogen-bond acceptors (Lipinski definition) is 4. The van der Waals surface area contributed by atoms with Gasteiger partial charge in [-0.25, -0.2) is 9.59 Å². The van der Waals surface area contributed by atoms with E-state index in [1.165, 1.54) is 6.08 Å². The Bertz CT molecular complexity index is 1600. The van der Waals surface area contributed by atoms with Gasteiger partial charge in [-0.05, 0) is 47.0 Å². The average molecular weight is 497 g/mol. The van der Waals surface area contributed by atoms with Crippen LogP contribution in [0.4, 0.5) is 0 Å². The maximum atomic E-state index is 13.2. The summed E-state index contributed by atoms with van der Waals surface area (Å²) < 4.78 is 11.5. The maximum absolute atomic E-state index is 13.2. The number of ether oxygens (including phenoxy) is 2. The SMILES string of the molecule is C=Cc1cc(C(=O)Oc2ccccc2-c2ccccc2)ccc1C(=O)Oc1ccccc1-c1ccccc1. The van der Waals surface area contributed by atoms with Crippen molar-refractivity contribution in [2.45, 2.75) is 0 Å². The van der Waals surface area contributed by atoms with E-state index in [1.54, 1.807) is 30.3 Å². The van der Waals surface area contributed by atoms with Gasteiger partial charge in [0.1, 0.15) is 11.5 Å². The fourth-order valence-electron chi connectivity index (χ4n) is 4.18. The lowest BCUT2D eigenvalue weighted by atomic mass is 10.0. The third-order valence-electron chi connectivity index (χ3n) is 6.08. The van der Waals surface area contributed by atoms with Gasteiger partial charge < -0.3 is 9.47 Å². The lowest BCUT2D eigenvalue weighted by Gasteiger charge is -2.13. The summed E-state index contributed by atoms with van der Waals surface area (Å²) in [6.07, 6.45) is 1.52. The molecule has 0 amide bonds. The molecule has 0 bridgehead atoms. The Kier molecular flexibility index (Phi) is 7.23. The van der Waals surface area contributed by atoms with Gasteiger partial charge >= 0.3 is 11.9 Å². The highest BCUT2D eigenvalue weighted by atomic mass is 16.5.